The lowest BCUT2D eigenvalue weighted by Gasteiger charge is -1.97. The lowest BCUT2D eigenvalue weighted by molar-refractivity contribution is 0.628. The summed E-state index contributed by atoms with van der Waals surface area (Å²) in [6.45, 7) is 0. The average molecular weight is 286 g/mol. The van der Waals surface area contributed by atoms with Crippen molar-refractivity contribution in [1.82, 2.24) is 19.6 Å². The molecule has 3 aromatic rings. The second-order valence-electron chi connectivity index (χ2n) is 4.06. The standard InChI is InChI=1S/C14H11FN4S/c1-20-14-17-13-16-9-8-12(19(13)18-14)7-4-10-2-5-11(15)6-3-10/h2-9H,1H3/b7-4-. The van der Waals surface area contributed by atoms with Gasteiger partial charge in [0.25, 0.3) is 5.78 Å². The molecular weight excluding hydrogens is 275 g/mol. The van der Waals surface area contributed by atoms with Crippen LogP contribution >= 0.6 is 11.8 Å². The molecule has 0 radical (unpaired) electrons. The molecule has 0 aliphatic heterocycles. The van der Waals surface area contributed by atoms with Gasteiger partial charge in [-0.1, -0.05) is 30.0 Å². The van der Waals surface area contributed by atoms with Crippen molar-refractivity contribution < 1.29 is 4.39 Å². The number of aromatic nitrogens is 4. The summed E-state index contributed by atoms with van der Waals surface area (Å²) >= 11 is 1.47. The number of hydrogen-bond acceptors (Lipinski definition) is 4. The largest absolute Gasteiger partial charge is 0.253 e. The first-order valence-electron chi connectivity index (χ1n) is 5.96. The lowest BCUT2D eigenvalue weighted by Crippen LogP contribution is -1.94. The second kappa shape index (κ2) is 5.42. The van der Waals surface area contributed by atoms with Crippen LogP contribution in [0.4, 0.5) is 4.39 Å². The third-order valence-electron chi connectivity index (χ3n) is 2.75. The fourth-order valence-corrected chi connectivity index (χ4v) is 2.10. The molecule has 0 bridgehead atoms. The van der Waals surface area contributed by atoms with Crippen molar-refractivity contribution in [3.8, 4) is 0 Å². The average Bonchev–Trinajstić information content (AvgIpc) is 2.90. The van der Waals surface area contributed by atoms with Crippen molar-refractivity contribution in [2.75, 3.05) is 6.26 Å². The molecule has 0 aliphatic rings. The second-order valence-corrected chi connectivity index (χ2v) is 4.84. The topological polar surface area (TPSA) is 43.1 Å². The van der Waals surface area contributed by atoms with Gasteiger partial charge in [0.2, 0.25) is 5.16 Å². The van der Waals surface area contributed by atoms with Crippen LogP contribution in [0.2, 0.25) is 0 Å². The fourth-order valence-electron chi connectivity index (χ4n) is 1.76. The van der Waals surface area contributed by atoms with Gasteiger partial charge in [0.1, 0.15) is 5.82 Å². The monoisotopic (exact) mass is 286 g/mol. The molecule has 20 heavy (non-hydrogen) atoms. The minimum absolute atomic E-state index is 0.241. The molecule has 0 atom stereocenters. The number of nitrogens with zero attached hydrogens (tertiary/aromatic N) is 4. The molecule has 100 valence electrons. The fraction of sp³-hybridized carbons (Fsp3) is 0.0714. The molecule has 4 nitrogen and oxygen atoms in total. The van der Waals surface area contributed by atoms with Crippen LogP contribution < -0.4 is 0 Å². The van der Waals surface area contributed by atoms with E-state index in [1.165, 1.54) is 23.9 Å². The summed E-state index contributed by atoms with van der Waals surface area (Å²) in [5.74, 6) is 0.324. The molecule has 2 aromatic heterocycles. The van der Waals surface area contributed by atoms with Crippen molar-refractivity contribution in [2.45, 2.75) is 5.16 Å². The van der Waals surface area contributed by atoms with Crippen molar-refractivity contribution >= 4 is 29.7 Å². The van der Waals surface area contributed by atoms with Crippen LogP contribution in [0, 0.1) is 5.82 Å². The molecule has 3 rings (SSSR count). The Kier molecular flexibility index (Phi) is 3.47. The van der Waals surface area contributed by atoms with Crippen LogP contribution in [0.1, 0.15) is 11.3 Å². The van der Waals surface area contributed by atoms with Crippen LogP contribution in [0.5, 0.6) is 0 Å². The third-order valence-corrected chi connectivity index (χ3v) is 3.29. The highest BCUT2D eigenvalue weighted by molar-refractivity contribution is 7.98. The maximum atomic E-state index is 12.8. The summed E-state index contributed by atoms with van der Waals surface area (Å²) in [6.07, 6.45) is 7.41. The van der Waals surface area contributed by atoms with Gasteiger partial charge >= 0.3 is 0 Å². The number of halogens is 1. The van der Waals surface area contributed by atoms with Gasteiger partial charge in [-0.25, -0.2) is 9.37 Å². The van der Waals surface area contributed by atoms with E-state index in [0.29, 0.717) is 10.9 Å². The van der Waals surface area contributed by atoms with Crippen LogP contribution in [0.25, 0.3) is 17.9 Å². The van der Waals surface area contributed by atoms with E-state index in [1.807, 2.05) is 24.5 Å². The molecule has 0 spiro atoms. The molecule has 2 heterocycles. The van der Waals surface area contributed by atoms with Crippen LogP contribution in [0.15, 0.2) is 41.7 Å². The Morgan fingerprint density at radius 2 is 1.95 bits per heavy atom. The SMILES string of the molecule is CSc1nc2nccc(/C=C\c3ccc(F)cc3)n2n1. The highest BCUT2D eigenvalue weighted by Gasteiger charge is 2.05. The number of benzene rings is 1. The van der Waals surface area contributed by atoms with Gasteiger partial charge in [-0.3, -0.25) is 0 Å². The zero-order valence-electron chi connectivity index (χ0n) is 10.7. The predicted octanol–water partition coefficient (Wildman–Crippen LogP) is 3.16. The predicted molar refractivity (Wildman–Crippen MR) is 77.9 cm³/mol. The summed E-state index contributed by atoms with van der Waals surface area (Å²) in [6, 6.07) is 8.16. The first-order valence-corrected chi connectivity index (χ1v) is 7.18. The first-order chi connectivity index (χ1) is 9.76. The molecule has 0 amide bonds. The summed E-state index contributed by atoms with van der Waals surface area (Å²) in [7, 11) is 0. The molecule has 0 saturated heterocycles. The molecule has 0 fully saturated rings. The summed E-state index contributed by atoms with van der Waals surface area (Å²) in [4.78, 5) is 8.45. The minimum Gasteiger partial charge on any atom is -0.220 e. The molecule has 0 aliphatic carbocycles. The summed E-state index contributed by atoms with van der Waals surface area (Å²) in [5, 5.41) is 5.03. The first kappa shape index (κ1) is 12.8. The van der Waals surface area contributed by atoms with E-state index in [0.717, 1.165) is 11.3 Å². The Morgan fingerprint density at radius 3 is 2.70 bits per heavy atom. The molecule has 0 unspecified atom stereocenters. The van der Waals surface area contributed by atoms with Gasteiger partial charge in [-0.2, -0.15) is 9.50 Å². The maximum absolute atomic E-state index is 12.8. The highest BCUT2D eigenvalue weighted by atomic mass is 32.2. The minimum atomic E-state index is -0.241. The van der Waals surface area contributed by atoms with E-state index in [-0.39, 0.29) is 5.82 Å². The molecule has 6 heteroatoms. The Bertz CT molecular complexity index is 764. The Labute approximate surface area is 119 Å². The van der Waals surface area contributed by atoms with E-state index < -0.39 is 0 Å². The molecule has 1 aromatic carbocycles. The van der Waals surface area contributed by atoms with Crippen molar-refractivity contribution in [2.24, 2.45) is 0 Å². The Morgan fingerprint density at radius 1 is 1.15 bits per heavy atom. The van der Waals surface area contributed by atoms with E-state index in [1.54, 1.807) is 22.8 Å². The van der Waals surface area contributed by atoms with E-state index in [4.69, 9.17) is 0 Å². The van der Waals surface area contributed by atoms with Crippen LogP contribution in [0.3, 0.4) is 0 Å². The number of thioether (sulfide) groups is 1. The Hall–Kier alpha value is -2.21. The van der Waals surface area contributed by atoms with Gasteiger partial charge in [0, 0.05) is 6.20 Å². The molecule has 0 saturated carbocycles. The van der Waals surface area contributed by atoms with Gasteiger partial charge < -0.3 is 0 Å². The van der Waals surface area contributed by atoms with Crippen molar-refractivity contribution in [1.29, 1.82) is 0 Å². The zero-order chi connectivity index (χ0) is 13.9. The number of hydrogen-bond donors (Lipinski definition) is 0. The van der Waals surface area contributed by atoms with E-state index in [2.05, 4.69) is 15.1 Å². The van der Waals surface area contributed by atoms with E-state index >= 15 is 0 Å². The number of rotatable bonds is 3. The Balaban J connectivity index is 1.97. The summed E-state index contributed by atoms with van der Waals surface area (Å²) in [5.41, 5.74) is 1.79. The van der Waals surface area contributed by atoms with Gasteiger partial charge in [-0.15, -0.1) is 5.10 Å². The quantitative estimate of drug-likeness (QED) is 0.694. The van der Waals surface area contributed by atoms with Crippen molar-refractivity contribution in [3.05, 3.63) is 53.6 Å². The molecular formula is C14H11FN4S. The van der Waals surface area contributed by atoms with Crippen molar-refractivity contribution in [3.63, 3.8) is 0 Å². The van der Waals surface area contributed by atoms with Gasteiger partial charge in [-0.05, 0) is 36.1 Å². The van der Waals surface area contributed by atoms with Crippen LogP contribution in [-0.4, -0.2) is 25.8 Å². The lowest BCUT2D eigenvalue weighted by atomic mass is 10.2. The zero-order valence-corrected chi connectivity index (χ0v) is 11.5. The van der Waals surface area contributed by atoms with Gasteiger partial charge in [0.05, 0.1) is 5.69 Å². The molecule has 0 N–H and O–H groups in total. The maximum Gasteiger partial charge on any atom is 0.253 e. The smallest absolute Gasteiger partial charge is 0.220 e. The third kappa shape index (κ3) is 2.55. The highest BCUT2D eigenvalue weighted by Crippen LogP contribution is 2.13. The van der Waals surface area contributed by atoms with Gasteiger partial charge in [0.15, 0.2) is 0 Å². The van der Waals surface area contributed by atoms with E-state index in [9.17, 15) is 4.39 Å². The number of fused-ring (bicyclic) bond motifs is 1. The van der Waals surface area contributed by atoms with Crippen LogP contribution in [-0.2, 0) is 0 Å². The summed E-state index contributed by atoms with van der Waals surface area (Å²) < 4.78 is 14.5. The normalized spacial score (nSPS) is 11.5.